The summed E-state index contributed by atoms with van der Waals surface area (Å²) < 4.78 is 41.0. The maximum absolute atomic E-state index is 12.1. The van der Waals surface area contributed by atoms with Gasteiger partial charge < -0.3 is 15.4 Å². The van der Waals surface area contributed by atoms with Crippen LogP contribution in [0.5, 0.6) is 5.88 Å². The predicted molar refractivity (Wildman–Crippen MR) is 114 cm³/mol. The molecule has 2 aromatic rings. The minimum absolute atomic E-state index is 0. The van der Waals surface area contributed by atoms with Gasteiger partial charge in [-0.3, -0.25) is 0 Å². The normalized spacial score (nSPS) is 11.5. The predicted octanol–water partition coefficient (Wildman–Crippen LogP) is 4.20. The van der Waals surface area contributed by atoms with Crippen molar-refractivity contribution in [1.29, 1.82) is 0 Å². The molecule has 5 nitrogen and oxygen atoms in total. The van der Waals surface area contributed by atoms with Gasteiger partial charge in [0.1, 0.15) is 0 Å². The topological polar surface area (TPSA) is 58.5 Å². The third kappa shape index (κ3) is 9.25. The van der Waals surface area contributed by atoms with Crippen molar-refractivity contribution < 1.29 is 17.9 Å². The molecule has 0 saturated carbocycles. The van der Waals surface area contributed by atoms with Crippen LogP contribution < -0.4 is 15.4 Å². The maximum Gasteiger partial charge on any atom is 0.422 e. The van der Waals surface area contributed by atoms with E-state index in [0.29, 0.717) is 25.6 Å². The summed E-state index contributed by atoms with van der Waals surface area (Å²) in [5, 5.41) is 6.40. The van der Waals surface area contributed by atoms with Crippen LogP contribution in [0, 0.1) is 6.92 Å². The van der Waals surface area contributed by atoms with E-state index in [-0.39, 0.29) is 29.9 Å². The Kier molecular flexibility index (Phi) is 10.0. The first kappa shape index (κ1) is 24.0. The smallest absolute Gasteiger partial charge is 0.422 e. The van der Waals surface area contributed by atoms with E-state index in [0.717, 1.165) is 11.1 Å². The average Bonchev–Trinajstić information content (AvgIpc) is 2.64. The molecule has 0 aliphatic rings. The van der Waals surface area contributed by atoms with Crippen molar-refractivity contribution in [3.63, 3.8) is 0 Å². The number of alkyl halides is 3. The zero-order valence-corrected chi connectivity index (χ0v) is 18.0. The summed E-state index contributed by atoms with van der Waals surface area (Å²) in [5.41, 5.74) is 3.11. The number of guanidine groups is 1. The van der Waals surface area contributed by atoms with Crippen molar-refractivity contribution in [1.82, 2.24) is 15.6 Å². The molecule has 154 valence electrons. The number of hydrogen-bond acceptors (Lipinski definition) is 3. The number of hydrogen-bond donors (Lipinski definition) is 2. The Balaban J connectivity index is 0.00000392. The van der Waals surface area contributed by atoms with Gasteiger partial charge in [0.25, 0.3) is 0 Å². The molecule has 1 heterocycles. The average molecular weight is 508 g/mol. The number of aliphatic imine (C=N–C) groups is 1. The first-order valence-electron chi connectivity index (χ1n) is 8.58. The molecule has 0 atom stereocenters. The molecule has 0 amide bonds. The Morgan fingerprint density at radius 3 is 2.32 bits per heavy atom. The zero-order chi connectivity index (χ0) is 19.7. The molecule has 0 fully saturated rings. The third-order valence-corrected chi connectivity index (χ3v) is 3.53. The van der Waals surface area contributed by atoms with Crippen LogP contribution in [0.3, 0.4) is 0 Å². The summed E-state index contributed by atoms with van der Waals surface area (Å²) in [6.45, 7) is 4.34. The van der Waals surface area contributed by atoms with Crippen LogP contribution in [0.25, 0.3) is 0 Å². The lowest BCUT2D eigenvalue weighted by atomic mass is 10.1. The van der Waals surface area contributed by atoms with E-state index in [9.17, 15) is 13.2 Å². The van der Waals surface area contributed by atoms with Crippen molar-refractivity contribution in [3.8, 4) is 5.88 Å². The molecule has 0 aliphatic carbocycles. The fraction of sp³-hybridized carbons (Fsp3) is 0.368. The van der Waals surface area contributed by atoms with Gasteiger partial charge in [0.15, 0.2) is 12.6 Å². The van der Waals surface area contributed by atoms with E-state index in [2.05, 4.69) is 49.6 Å². The molecule has 0 aliphatic heterocycles. The van der Waals surface area contributed by atoms with Gasteiger partial charge in [0.05, 0.1) is 6.54 Å². The van der Waals surface area contributed by atoms with Crippen molar-refractivity contribution >= 4 is 29.9 Å². The highest BCUT2D eigenvalue weighted by atomic mass is 127. The van der Waals surface area contributed by atoms with E-state index in [1.807, 2.05) is 13.8 Å². The molecule has 1 aromatic carbocycles. The molecule has 0 radical (unpaired) electrons. The number of pyridine rings is 1. The van der Waals surface area contributed by atoms with Crippen LogP contribution in [0.1, 0.15) is 23.6 Å². The Morgan fingerprint density at radius 2 is 1.75 bits per heavy atom. The van der Waals surface area contributed by atoms with E-state index < -0.39 is 12.8 Å². The monoisotopic (exact) mass is 508 g/mol. The van der Waals surface area contributed by atoms with Crippen LogP contribution in [-0.2, 0) is 13.1 Å². The minimum Gasteiger partial charge on any atom is -0.468 e. The Labute approximate surface area is 179 Å². The fourth-order valence-electron chi connectivity index (χ4n) is 2.15. The van der Waals surface area contributed by atoms with E-state index in [1.165, 1.54) is 17.8 Å². The van der Waals surface area contributed by atoms with Crippen molar-refractivity contribution in [2.24, 2.45) is 4.99 Å². The van der Waals surface area contributed by atoms with Crippen LogP contribution in [-0.4, -0.2) is 30.3 Å². The van der Waals surface area contributed by atoms with Gasteiger partial charge in [0.2, 0.25) is 5.88 Å². The summed E-state index contributed by atoms with van der Waals surface area (Å²) >= 11 is 0. The fourth-order valence-corrected chi connectivity index (χ4v) is 2.15. The first-order valence-corrected chi connectivity index (χ1v) is 8.58. The lowest BCUT2D eigenvalue weighted by Crippen LogP contribution is -2.36. The lowest BCUT2D eigenvalue weighted by Gasteiger charge is -2.12. The SMILES string of the molecule is CCNC(=NCc1ccc(OCC(F)(F)F)nc1)NCc1ccc(C)cc1.I. The molecule has 28 heavy (non-hydrogen) atoms. The van der Waals surface area contributed by atoms with Gasteiger partial charge in [-0.1, -0.05) is 35.9 Å². The second kappa shape index (κ2) is 11.7. The summed E-state index contributed by atoms with van der Waals surface area (Å²) in [4.78, 5) is 8.34. The van der Waals surface area contributed by atoms with Crippen molar-refractivity contribution in [2.75, 3.05) is 13.2 Å². The summed E-state index contributed by atoms with van der Waals surface area (Å²) in [7, 11) is 0. The van der Waals surface area contributed by atoms with Crippen molar-refractivity contribution in [2.45, 2.75) is 33.1 Å². The molecule has 0 saturated heterocycles. The summed E-state index contributed by atoms with van der Waals surface area (Å²) in [6.07, 6.45) is -2.92. The van der Waals surface area contributed by atoms with Gasteiger partial charge in [-0.25, -0.2) is 9.98 Å². The van der Waals surface area contributed by atoms with Gasteiger partial charge in [-0.2, -0.15) is 13.2 Å². The number of ether oxygens (including phenoxy) is 1. The molecule has 0 bridgehead atoms. The van der Waals surface area contributed by atoms with Crippen LogP contribution in [0.2, 0.25) is 0 Å². The molecule has 0 spiro atoms. The van der Waals surface area contributed by atoms with Gasteiger partial charge in [-0.15, -0.1) is 24.0 Å². The number of nitrogens with one attached hydrogen (secondary N) is 2. The zero-order valence-electron chi connectivity index (χ0n) is 15.7. The van der Waals surface area contributed by atoms with E-state index in [1.54, 1.807) is 6.07 Å². The second-order valence-corrected chi connectivity index (χ2v) is 5.94. The Hall–Kier alpha value is -2.04. The number of halogens is 4. The van der Waals surface area contributed by atoms with Crippen LogP contribution >= 0.6 is 24.0 Å². The van der Waals surface area contributed by atoms with Gasteiger partial charge in [0, 0.05) is 25.4 Å². The van der Waals surface area contributed by atoms with Gasteiger partial charge >= 0.3 is 6.18 Å². The van der Waals surface area contributed by atoms with Crippen LogP contribution in [0.4, 0.5) is 13.2 Å². The highest BCUT2D eigenvalue weighted by Gasteiger charge is 2.28. The number of aryl methyl sites for hydroxylation is 1. The molecule has 9 heteroatoms. The van der Waals surface area contributed by atoms with E-state index >= 15 is 0 Å². The Morgan fingerprint density at radius 1 is 1.07 bits per heavy atom. The molecular weight excluding hydrogens is 484 g/mol. The molecular formula is C19H24F3IN4O. The number of aromatic nitrogens is 1. The lowest BCUT2D eigenvalue weighted by molar-refractivity contribution is -0.154. The maximum atomic E-state index is 12.1. The summed E-state index contributed by atoms with van der Waals surface area (Å²) in [6, 6.07) is 11.3. The first-order chi connectivity index (χ1) is 12.9. The number of nitrogens with zero attached hydrogens (tertiary/aromatic N) is 2. The number of rotatable bonds is 7. The van der Waals surface area contributed by atoms with Crippen molar-refractivity contribution in [3.05, 3.63) is 59.3 Å². The largest absolute Gasteiger partial charge is 0.468 e. The molecule has 2 rings (SSSR count). The van der Waals surface area contributed by atoms with Gasteiger partial charge in [-0.05, 0) is 25.0 Å². The quantitative estimate of drug-likeness (QED) is 0.335. The Bertz CT molecular complexity index is 734. The highest BCUT2D eigenvalue weighted by Crippen LogP contribution is 2.17. The standard InChI is InChI=1S/C19H23F3N4O.HI/c1-3-23-18(25-10-15-6-4-14(2)5-7-15)26-12-16-8-9-17(24-11-16)27-13-19(20,21)22;/h4-9,11H,3,10,12-13H2,1-2H3,(H2,23,25,26);1H. The highest BCUT2D eigenvalue weighted by molar-refractivity contribution is 14.0. The summed E-state index contributed by atoms with van der Waals surface area (Å²) in [5.74, 6) is 0.583. The van der Waals surface area contributed by atoms with E-state index in [4.69, 9.17) is 0 Å². The third-order valence-electron chi connectivity index (χ3n) is 3.53. The molecule has 0 unspecified atom stereocenters. The minimum atomic E-state index is -4.38. The van der Waals surface area contributed by atoms with Crippen LogP contribution in [0.15, 0.2) is 47.6 Å². The molecule has 1 aromatic heterocycles. The second-order valence-electron chi connectivity index (χ2n) is 5.94. The number of benzene rings is 1. The molecule has 2 N–H and O–H groups in total.